The van der Waals surface area contributed by atoms with Crippen LogP contribution < -0.4 is 0 Å². The standard InChI is InChI=1S/C8H4Cl2FN3O/c1-2-3-14(11)8(15)5-4-6(9)12-13-7(5)10/h1,4H,3H2. The van der Waals surface area contributed by atoms with Gasteiger partial charge in [-0.15, -0.1) is 16.6 Å². The highest BCUT2D eigenvalue weighted by atomic mass is 35.5. The Hall–Kier alpha value is -1.38. The molecule has 4 nitrogen and oxygen atoms in total. The Morgan fingerprint density at radius 3 is 2.87 bits per heavy atom. The molecule has 0 fully saturated rings. The van der Waals surface area contributed by atoms with E-state index >= 15 is 0 Å². The quantitative estimate of drug-likeness (QED) is 0.591. The van der Waals surface area contributed by atoms with E-state index in [9.17, 15) is 9.28 Å². The first-order chi connectivity index (χ1) is 7.06. The van der Waals surface area contributed by atoms with E-state index in [-0.39, 0.29) is 21.0 Å². The number of hydrogen-bond acceptors (Lipinski definition) is 3. The Morgan fingerprint density at radius 2 is 2.27 bits per heavy atom. The monoisotopic (exact) mass is 247 g/mol. The van der Waals surface area contributed by atoms with Crippen molar-refractivity contribution in [2.45, 2.75) is 0 Å². The minimum Gasteiger partial charge on any atom is -0.266 e. The number of carbonyl (C=O) groups is 1. The van der Waals surface area contributed by atoms with Crippen LogP contribution in [-0.2, 0) is 0 Å². The molecular weight excluding hydrogens is 244 g/mol. The molecule has 0 spiro atoms. The van der Waals surface area contributed by atoms with E-state index in [0.29, 0.717) is 0 Å². The fourth-order valence-corrected chi connectivity index (χ4v) is 1.11. The summed E-state index contributed by atoms with van der Waals surface area (Å²) in [7, 11) is 0. The summed E-state index contributed by atoms with van der Waals surface area (Å²) in [6.45, 7) is -0.477. The predicted molar refractivity (Wildman–Crippen MR) is 53.0 cm³/mol. The normalized spacial score (nSPS) is 9.47. The lowest BCUT2D eigenvalue weighted by Gasteiger charge is -2.08. The van der Waals surface area contributed by atoms with Gasteiger partial charge in [0, 0.05) is 0 Å². The van der Waals surface area contributed by atoms with Gasteiger partial charge in [0.1, 0.15) is 6.54 Å². The van der Waals surface area contributed by atoms with Gasteiger partial charge in [-0.05, 0) is 6.07 Å². The van der Waals surface area contributed by atoms with Crippen molar-refractivity contribution in [1.29, 1.82) is 0 Å². The van der Waals surface area contributed by atoms with E-state index in [2.05, 4.69) is 10.2 Å². The molecule has 1 aromatic rings. The number of rotatable bonds is 2. The van der Waals surface area contributed by atoms with Crippen LogP contribution in [0, 0.1) is 12.3 Å². The zero-order valence-corrected chi connectivity index (χ0v) is 8.76. The SMILES string of the molecule is C#CCN(F)C(=O)c1cc(Cl)nnc1Cl. The second-order valence-electron chi connectivity index (χ2n) is 2.40. The largest absolute Gasteiger partial charge is 0.285 e. The molecule has 0 N–H and O–H groups in total. The topological polar surface area (TPSA) is 46.1 Å². The van der Waals surface area contributed by atoms with Crippen molar-refractivity contribution in [2.75, 3.05) is 6.54 Å². The molecule has 0 aliphatic carbocycles. The van der Waals surface area contributed by atoms with E-state index in [1.165, 1.54) is 0 Å². The second-order valence-corrected chi connectivity index (χ2v) is 3.15. The number of halogens is 3. The van der Waals surface area contributed by atoms with Gasteiger partial charge in [0.15, 0.2) is 10.3 Å². The van der Waals surface area contributed by atoms with Crippen molar-refractivity contribution in [3.05, 3.63) is 21.9 Å². The van der Waals surface area contributed by atoms with Crippen LogP contribution in [0.2, 0.25) is 10.3 Å². The second kappa shape index (κ2) is 4.91. The molecule has 0 aliphatic rings. The van der Waals surface area contributed by atoms with Crippen LogP contribution >= 0.6 is 23.2 Å². The van der Waals surface area contributed by atoms with Crippen molar-refractivity contribution < 1.29 is 9.28 Å². The highest BCUT2D eigenvalue weighted by Crippen LogP contribution is 2.17. The molecule has 78 valence electrons. The van der Waals surface area contributed by atoms with Crippen LogP contribution in [-0.4, -0.2) is 27.8 Å². The summed E-state index contributed by atoms with van der Waals surface area (Å²) in [6.07, 6.45) is 4.84. The van der Waals surface area contributed by atoms with Crippen LogP contribution in [0.15, 0.2) is 6.07 Å². The summed E-state index contributed by atoms with van der Waals surface area (Å²) in [5.41, 5.74) is -0.186. The average Bonchev–Trinajstić information content (AvgIpc) is 2.21. The first-order valence-corrected chi connectivity index (χ1v) is 4.41. The van der Waals surface area contributed by atoms with Gasteiger partial charge in [0.2, 0.25) is 0 Å². The maximum Gasteiger partial charge on any atom is 0.285 e. The van der Waals surface area contributed by atoms with Crippen LogP contribution in [0.5, 0.6) is 0 Å². The summed E-state index contributed by atoms with van der Waals surface area (Å²) in [5, 5.41) is 6.28. The summed E-state index contributed by atoms with van der Waals surface area (Å²) in [5.74, 6) is 0.965. The average molecular weight is 248 g/mol. The highest BCUT2D eigenvalue weighted by Gasteiger charge is 2.19. The third-order valence-electron chi connectivity index (χ3n) is 1.40. The van der Waals surface area contributed by atoms with E-state index in [0.717, 1.165) is 6.07 Å². The molecule has 0 bridgehead atoms. The maximum absolute atomic E-state index is 13.0. The van der Waals surface area contributed by atoms with Crippen molar-refractivity contribution >= 4 is 29.1 Å². The number of aromatic nitrogens is 2. The Kier molecular flexibility index (Phi) is 3.83. The Labute approximate surface area is 94.9 Å². The fraction of sp³-hybridized carbons (Fsp3) is 0.125. The first-order valence-electron chi connectivity index (χ1n) is 3.66. The van der Waals surface area contributed by atoms with Gasteiger partial charge in [0.25, 0.3) is 5.91 Å². The molecule has 1 aromatic heterocycles. The van der Waals surface area contributed by atoms with Gasteiger partial charge in [-0.3, -0.25) is 4.79 Å². The van der Waals surface area contributed by atoms with E-state index < -0.39 is 12.5 Å². The van der Waals surface area contributed by atoms with Crippen molar-refractivity contribution in [3.8, 4) is 12.3 Å². The van der Waals surface area contributed by atoms with E-state index in [1.807, 2.05) is 5.92 Å². The van der Waals surface area contributed by atoms with Gasteiger partial charge in [-0.2, -0.15) is 5.12 Å². The molecule has 0 unspecified atom stereocenters. The van der Waals surface area contributed by atoms with Gasteiger partial charge in [0.05, 0.1) is 5.56 Å². The lowest BCUT2D eigenvalue weighted by molar-refractivity contribution is 0.0273. The molecule has 0 atom stereocenters. The third kappa shape index (κ3) is 2.78. The Balaban J connectivity index is 3.01. The molecule has 0 saturated carbocycles. The molecule has 0 saturated heterocycles. The number of nitrogens with zero attached hydrogens (tertiary/aromatic N) is 3. The molecule has 0 radical (unpaired) electrons. The number of hydrogen-bond donors (Lipinski definition) is 0. The van der Waals surface area contributed by atoms with E-state index in [4.69, 9.17) is 29.6 Å². The van der Waals surface area contributed by atoms with Crippen LogP contribution in [0.3, 0.4) is 0 Å². The molecule has 0 aliphatic heterocycles. The molecule has 1 rings (SSSR count). The van der Waals surface area contributed by atoms with Crippen molar-refractivity contribution in [1.82, 2.24) is 15.3 Å². The van der Waals surface area contributed by atoms with Crippen LogP contribution in [0.4, 0.5) is 4.48 Å². The van der Waals surface area contributed by atoms with Crippen LogP contribution in [0.1, 0.15) is 10.4 Å². The maximum atomic E-state index is 13.0. The summed E-state index contributed by atoms with van der Waals surface area (Å²) in [4.78, 5) is 11.4. The number of terminal acetylenes is 1. The zero-order valence-electron chi connectivity index (χ0n) is 7.25. The first kappa shape index (κ1) is 11.7. The predicted octanol–water partition coefficient (Wildman–Crippen LogP) is 1.74. The highest BCUT2D eigenvalue weighted by molar-refractivity contribution is 6.34. The van der Waals surface area contributed by atoms with E-state index in [1.54, 1.807) is 0 Å². The lowest BCUT2D eigenvalue weighted by Crippen LogP contribution is -2.23. The summed E-state index contributed by atoms with van der Waals surface area (Å²) in [6, 6.07) is 1.11. The summed E-state index contributed by atoms with van der Waals surface area (Å²) < 4.78 is 13.0. The number of amides is 1. The molecule has 1 heterocycles. The van der Waals surface area contributed by atoms with Gasteiger partial charge >= 0.3 is 0 Å². The molecule has 7 heteroatoms. The number of carbonyl (C=O) groups excluding carboxylic acids is 1. The van der Waals surface area contributed by atoms with Crippen LogP contribution in [0.25, 0.3) is 0 Å². The molecule has 0 aromatic carbocycles. The molecule has 15 heavy (non-hydrogen) atoms. The molecular formula is C8H4Cl2FN3O. The van der Waals surface area contributed by atoms with Crippen molar-refractivity contribution in [2.24, 2.45) is 0 Å². The van der Waals surface area contributed by atoms with Gasteiger partial charge in [-0.25, -0.2) is 0 Å². The zero-order chi connectivity index (χ0) is 11.4. The van der Waals surface area contributed by atoms with Crippen molar-refractivity contribution in [3.63, 3.8) is 0 Å². The minimum absolute atomic E-state index is 0.0585. The van der Waals surface area contributed by atoms with Gasteiger partial charge < -0.3 is 0 Å². The fourth-order valence-electron chi connectivity index (χ4n) is 0.786. The smallest absolute Gasteiger partial charge is 0.266 e. The summed E-state index contributed by atoms with van der Waals surface area (Å²) >= 11 is 11.0. The molecule has 1 amide bonds. The lowest BCUT2D eigenvalue weighted by atomic mass is 10.3. The Morgan fingerprint density at radius 1 is 1.60 bits per heavy atom. The Bertz CT molecular complexity index is 432. The third-order valence-corrected chi connectivity index (χ3v) is 1.86. The van der Waals surface area contributed by atoms with Gasteiger partial charge in [-0.1, -0.05) is 33.6 Å². The minimum atomic E-state index is -1.00.